The Balaban J connectivity index is 1.72. The van der Waals surface area contributed by atoms with E-state index in [2.05, 4.69) is 10.1 Å². The smallest absolute Gasteiger partial charge is 0.258 e. The summed E-state index contributed by atoms with van der Waals surface area (Å²) in [5.74, 6) is -2.68. The Morgan fingerprint density at radius 1 is 1.47 bits per heavy atom. The van der Waals surface area contributed by atoms with Crippen LogP contribution in [0.3, 0.4) is 0 Å². The second-order valence-corrected chi connectivity index (χ2v) is 5.21. The maximum Gasteiger partial charge on any atom is 0.258 e. The fourth-order valence-electron chi connectivity index (χ4n) is 2.80. The van der Waals surface area contributed by atoms with E-state index in [9.17, 15) is 8.78 Å². The largest absolute Gasteiger partial charge is 0.411 e. The van der Waals surface area contributed by atoms with E-state index >= 15 is 0 Å². The topological polar surface area (TPSA) is 48.7 Å². The molecule has 1 aliphatic heterocycles. The van der Waals surface area contributed by atoms with E-state index in [-0.39, 0.29) is 0 Å². The van der Waals surface area contributed by atoms with Gasteiger partial charge in [-0.2, -0.15) is 0 Å². The molecule has 4 nitrogen and oxygen atoms in total. The number of anilines is 1. The second kappa shape index (κ2) is 4.15. The molecule has 1 N–H and O–H groups in total. The molecule has 2 aliphatic rings. The SMILES string of the molecule is Cc1nc(N2CC3[C@H](C2)C3(F)F)ccc1C/C=N/O. The molecule has 1 saturated heterocycles. The highest BCUT2D eigenvalue weighted by atomic mass is 19.3. The van der Waals surface area contributed by atoms with Gasteiger partial charge in [-0.15, -0.1) is 5.16 Å². The molecule has 2 atom stereocenters. The molecule has 1 aromatic rings. The predicted molar refractivity (Wildman–Crippen MR) is 67.1 cm³/mol. The summed E-state index contributed by atoms with van der Waals surface area (Å²) in [5, 5.41) is 11.4. The fraction of sp³-hybridized carbons (Fsp3) is 0.538. The predicted octanol–water partition coefficient (Wildman–Crippen LogP) is 2.09. The van der Waals surface area contributed by atoms with Crippen molar-refractivity contribution in [1.29, 1.82) is 0 Å². The highest BCUT2D eigenvalue weighted by molar-refractivity contribution is 5.61. The van der Waals surface area contributed by atoms with Gasteiger partial charge in [0, 0.05) is 31.4 Å². The summed E-state index contributed by atoms with van der Waals surface area (Å²) < 4.78 is 26.3. The van der Waals surface area contributed by atoms with Crippen molar-refractivity contribution in [1.82, 2.24) is 4.98 Å². The zero-order valence-corrected chi connectivity index (χ0v) is 10.6. The van der Waals surface area contributed by atoms with Gasteiger partial charge in [0.15, 0.2) is 0 Å². The number of alkyl halides is 2. The first-order valence-corrected chi connectivity index (χ1v) is 6.29. The monoisotopic (exact) mass is 267 g/mol. The summed E-state index contributed by atoms with van der Waals surface area (Å²) in [5.41, 5.74) is 1.81. The number of aryl methyl sites for hydroxylation is 1. The van der Waals surface area contributed by atoms with Crippen LogP contribution in [0, 0.1) is 18.8 Å². The van der Waals surface area contributed by atoms with E-state index in [0.29, 0.717) is 19.5 Å². The fourth-order valence-corrected chi connectivity index (χ4v) is 2.80. The zero-order chi connectivity index (χ0) is 13.6. The molecular weight excluding hydrogens is 252 g/mol. The maximum absolute atomic E-state index is 13.1. The van der Waals surface area contributed by atoms with Crippen LogP contribution in [0.4, 0.5) is 14.6 Å². The van der Waals surface area contributed by atoms with Gasteiger partial charge in [0.2, 0.25) is 0 Å². The Bertz CT molecular complexity index is 519. The maximum atomic E-state index is 13.1. The third kappa shape index (κ3) is 1.95. The summed E-state index contributed by atoms with van der Waals surface area (Å²) in [7, 11) is 0. The highest BCUT2D eigenvalue weighted by Gasteiger charge is 2.71. The Morgan fingerprint density at radius 3 is 2.74 bits per heavy atom. The van der Waals surface area contributed by atoms with Crippen LogP contribution in [0.2, 0.25) is 0 Å². The average molecular weight is 267 g/mol. The van der Waals surface area contributed by atoms with E-state index in [1.165, 1.54) is 6.21 Å². The number of piperidine rings is 1. The first-order chi connectivity index (χ1) is 9.04. The summed E-state index contributed by atoms with van der Waals surface area (Å²) in [6.45, 7) is 2.65. The quantitative estimate of drug-likeness (QED) is 0.518. The van der Waals surface area contributed by atoms with Crippen molar-refractivity contribution in [3.63, 3.8) is 0 Å². The molecule has 1 unspecified atom stereocenters. The summed E-state index contributed by atoms with van der Waals surface area (Å²) in [6, 6.07) is 3.75. The van der Waals surface area contributed by atoms with E-state index in [4.69, 9.17) is 5.21 Å². The van der Waals surface area contributed by atoms with Crippen LogP contribution in [-0.4, -0.2) is 35.4 Å². The molecule has 1 aromatic heterocycles. The molecule has 0 spiro atoms. The molecule has 2 heterocycles. The van der Waals surface area contributed by atoms with Crippen LogP contribution in [0.5, 0.6) is 0 Å². The van der Waals surface area contributed by atoms with Gasteiger partial charge in [0.25, 0.3) is 5.92 Å². The molecule has 0 radical (unpaired) electrons. The van der Waals surface area contributed by atoms with Gasteiger partial charge < -0.3 is 10.1 Å². The molecule has 3 rings (SSSR count). The normalized spacial score (nSPS) is 27.8. The molecule has 1 aliphatic carbocycles. The average Bonchev–Trinajstić information content (AvgIpc) is 2.79. The molecule has 0 aromatic carbocycles. The molecule has 19 heavy (non-hydrogen) atoms. The third-order valence-corrected chi connectivity index (χ3v) is 4.10. The molecular formula is C13H15F2N3O. The Morgan fingerprint density at radius 2 is 2.16 bits per heavy atom. The minimum atomic E-state index is -2.46. The molecule has 1 saturated carbocycles. The number of halogens is 2. The van der Waals surface area contributed by atoms with E-state index in [1.807, 2.05) is 24.0 Å². The van der Waals surface area contributed by atoms with Crippen LogP contribution in [0.1, 0.15) is 11.3 Å². The van der Waals surface area contributed by atoms with Gasteiger partial charge in [-0.05, 0) is 18.6 Å². The van der Waals surface area contributed by atoms with Gasteiger partial charge >= 0.3 is 0 Å². The van der Waals surface area contributed by atoms with Crippen molar-refractivity contribution in [2.75, 3.05) is 18.0 Å². The van der Waals surface area contributed by atoms with Crippen LogP contribution in [-0.2, 0) is 6.42 Å². The van der Waals surface area contributed by atoms with Gasteiger partial charge in [0.1, 0.15) is 5.82 Å². The zero-order valence-electron chi connectivity index (χ0n) is 10.6. The number of fused-ring (bicyclic) bond motifs is 1. The second-order valence-electron chi connectivity index (χ2n) is 5.21. The lowest BCUT2D eigenvalue weighted by Crippen LogP contribution is -2.28. The van der Waals surface area contributed by atoms with Crippen LogP contribution < -0.4 is 4.90 Å². The Hall–Kier alpha value is -1.72. The van der Waals surface area contributed by atoms with Crippen molar-refractivity contribution in [2.45, 2.75) is 19.3 Å². The first-order valence-electron chi connectivity index (χ1n) is 6.29. The summed E-state index contributed by atoms with van der Waals surface area (Å²) in [6.07, 6.45) is 1.91. The van der Waals surface area contributed by atoms with Gasteiger partial charge in [0.05, 0.1) is 11.8 Å². The minimum Gasteiger partial charge on any atom is -0.411 e. The number of hydrogen-bond acceptors (Lipinski definition) is 4. The number of aromatic nitrogens is 1. The lowest BCUT2D eigenvalue weighted by atomic mass is 10.1. The first kappa shape index (κ1) is 12.3. The van der Waals surface area contributed by atoms with Crippen molar-refractivity contribution in [2.24, 2.45) is 17.0 Å². The molecule has 2 fully saturated rings. The van der Waals surface area contributed by atoms with Crippen molar-refractivity contribution in [3.8, 4) is 0 Å². The molecule has 0 amide bonds. The number of pyridine rings is 1. The molecule has 102 valence electrons. The van der Waals surface area contributed by atoms with Crippen molar-refractivity contribution < 1.29 is 14.0 Å². The van der Waals surface area contributed by atoms with Crippen LogP contribution >= 0.6 is 0 Å². The van der Waals surface area contributed by atoms with Crippen LogP contribution in [0.25, 0.3) is 0 Å². The number of oxime groups is 1. The van der Waals surface area contributed by atoms with E-state index in [0.717, 1.165) is 17.1 Å². The summed E-state index contributed by atoms with van der Waals surface area (Å²) in [4.78, 5) is 6.37. The molecule has 0 bridgehead atoms. The number of nitrogens with zero attached hydrogens (tertiary/aromatic N) is 3. The third-order valence-electron chi connectivity index (χ3n) is 4.10. The standard InChI is InChI=1S/C13H15F2N3O/c1-8-9(4-5-16-19)2-3-12(17-8)18-6-10-11(7-18)13(10,14)15/h2-3,5,10-11,19H,4,6-7H2,1H3/b16-5+/t10-,11?/m0/s1. The van der Waals surface area contributed by atoms with Gasteiger partial charge in [-0.1, -0.05) is 6.07 Å². The lowest BCUT2D eigenvalue weighted by molar-refractivity contribution is 0.0797. The number of rotatable bonds is 3. The molecule has 6 heteroatoms. The van der Waals surface area contributed by atoms with Crippen molar-refractivity contribution in [3.05, 3.63) is 23.4 Å². The van der Waals surface area contributed by atoms with Crippen molar-refractivity contribution >= 4 is 12.0 Å². The van der Waals surface area contributed by atoms with Gasteiger partial charge in [-0.25, -0.2) is 13.8 Å². The Labute approximate surface area is 109 Å². The van der Waals surface area contributed by atoms with Gasteiger partial charge in [-0.3, -0.25) is 0 Å². The highest BCUT2D eigenvalue weighted by Crippen LogP contribution is 2.59. The van der Waals surface area contributed by atoms with E-state index in [1.54, 1.807) is 0 Å². The summed E-state index contributed by atoms with van der Waals surface area (Å²) >= 11 is 0. The Kier molecular flexibility index (Phi) is 2.69. The van der Waals surface area contributed by atoms with E-state index < -0.39 is 17.8 Å². The number of hydrogen-bond donors (Lipinski definition) is 1. The lowest BCUT2D eigenvalue weighted by Gasteiger charge is -2.21. The minimum absolute atomic E-state index is 0.390. The van der Waals surface area contributed by atoms with Crippen LogP contribution in [0.15, 0.2) is 17.3 Å².